The van der Waals surface area contributed by atoms with Crippen LogP contribution in [-0.4, -0.2) is 40.6 Å². The van der Waals surface area contributed by atoms with Gasteiger partial charge < -0.3 is 14.2 Å². The van der Waals surface area contributed by atoms with E-state index in [0.717, 1.165) is 55.7 Å². The molecule has 0 radical (unpaired) electrons. The van der Waals surface area contributed by atoms with Crippen molar-refractivity contribution in [1.29, 1.82) is 0 Å². The first kappa shape index (κ1) is 15.2. The minimum atomic E-state index is 0.0771. The highest BCUT2D eigenvalue weighted by molar-refractivity contribution is 5.94. The third-order valence-electron chi connectivity index (χ3n) is 4.77. The smallest absolute Gasteiger partial charge is 0.253 e. The molecule has 6 heteroatoms. The molecule has 2 aromatic rings. The molecule has 24 heavy (non-hydrogen) atoms. The van der Waals surface area contributed by atoms with Gasteiger partial charge in [0.15, 0.2) is 5.82 Å². The molecule has 6 nitrogen and oxygen atoms in total. The number of amides is 1. The largest absolute Gasteiger partial charge is 0.493 e. The van der Waals surface area contributed by atoms with Gasteiger partial charge in [0.2, 0.25) is 5.89 Å². The number of carbonyl (C=O) groups excluding carboxylic acids is 1. The van der Waals surface area contributed by atoms with Crippen molar-refractivity contribution >= 4 is 5.91 Å². The van der Waals surface area contributed by atoms with Gasteiger partial charge >= 0.3 is 0 Å². The maximum atomic E-state index is 12.9. The molecule has 1 aromatic carbocycles. The second-order valence-electron chi connectivity index (χ2n) is 6.54. The van der Waals surface area contributed by atoms with Crippen molar-refractivity contribution in [2.45, 2.75) is 38.5 Å². The fourth-order valence-electron chi connectivity index (χ4n) is 3.53. The fourth-order valence-corrected chi connectivity index (χ4v) is 3.53. The molecule has 0 aliphatic carbocycles. The number of benzene rings is 1. The second-order valence-corrected chi connectivity index (χ2v) is 6.54. The van der Waals surface area contributed by atoms with E-state index in [1.54, 1.807) is 6.92 Å². The van der Waals surface area contributed by atoms with Crippen LogP contribution in [0.4, 0.5) is 0 Å². The molecule has 1 aromatic heterocycles. The Hall–Kier alpha value is -2.37. The van der Waals surface area contributed by atoms with Crippen molar-refractivity contribution < 1.29 is 14.1 Å². The molecule has 0 bridgehead atoms. The Morgan fingerprint density at radius 1 is 1.33 bits per heavy atom. The van der Waals surface area contributed by atoms with E-state index < -0.39 is 0 Å². The van der Waals surface area contributed by atoms with E-state index in [1.165, 1.54) is 0 Å². The molecular weight excluding hydrogens is 306 g/mol. The van der Waals surface area contributed by atoms with Crippen LogP contribution in [0.25, 0.3) is 0 Å². The molecule has 0 N–H and O–H groups in total. The van der Waals surface area contributed by atoms with E-state index in [0.29, 0.717) is 18.3 Å². The zero-order valence-electron chi connectivity index (χ0n) is 13.8. The summed E-state index contributed by atoms with van der Waals surface area (Å²) in [6, 6.07) is 5.78. The monoisotopic (exact) mass is 327 g/mol. The summed E-state index contributed by atoms with van der Waals surface area (Å²) in [4.78, 5) is 19.1. The van der Waals surface area contributed by atoms with Crippen LogP contribution >= 0.6 is 0 Å². The third-order valence-corrected chi connectivity index (χ3v) is 4.77. The average molecular weight is 327 g/mol. The Morgan fingerprint density at radius 2 is 2.25 bits per heavy atom. The van der Waals surface area contributed by atoms with Gasteiger partial charge in [0.25, 0.3) is 5.91 Å². The molecule has 0 saturated carbocycles. The molecule has 4 rings (SSSR count). The van der Waals surface area contributed by atoms with E-state index in [4.69, 9.17) is 9.26 Å². The predicted octanol–water partition coefficient (Wildman–Crippen LogP) is 2.72. The first-order valence-electron chi connectivity index (χ1n) is 8.56. The molecule has 1 fully saturated rings. The number of piperidine rings is 1. The number of ether oxygens (including phenoxy) is 1. The van der Waals surface area contributed by atoms with Crippen LogP contribution in [0.3, 0.4) is 0 Å². The van der Waals surface area contributed by atoms with Crippen LogP contribution in [-0.2, 0) is 6.42 Å². The number of rotatable bonds is 2. The van der Waals surface area contributed by atoms with E-state index >= 15 is 0 Å². The summed E-state index contributed by atoms with van der Waals surface area (Å²) in [5, 5.41) is 4.02. The summed E-state index contributed by atoms with van der Waals surface area (Å²) >= 11 is 0. The Balaban J connectivity index is 1.51. The van der Waals surface area contributed by atoms with Crippen molar-refractivity contribution in [1.82, 2.24) is 15.0 Å². The van der Waals surface area contributed by atoms with Gasteiger partial charge in [0, 0.05) is 31.5 Å². The van der Waals surface area contributed by atoms with E-state index in [-0.39, 0.29) is 11.8 Å². The van der Waals surface area contributed by atoms with Gasteiger partial charge in [0.05, 0.1) is 6.61 Å². The normalized spacial score (nSPS) is 20.4. The van der Waals surface area contributed by atoms with Crippen molar-refractivity contribution in [2.24, 2.45) is 0 Å². The van der Waals surface area contributed by atoms with Gasteiger partial charge in [0.1, 0.15) is 5.75 Å². The fraction of sp³-hybridized carbons (Fsp3) is 0.500. The molecule has 1 amide bonds. The summed E-state index contributed by atoms with van der Waals surface area (Å²) in [5.41, 5.74) is 1.87. The molecule has 126 valence electrons. The lowest BCUT2D eigenvalue weighted by molar-refractivity contribution is 0.0703. The number of fused-ring (bicyclic) bond motifs is 1. The summed E-state index contributed by atoms with van der Waals surface area (Å²) in [5.74, 6) is 2.43. The standard InChI is InChI=1S/C18H21N3O3/c1-12-19-17(20-24-12)15-4-2-8-21(11-15)18(22)14-6-7-16-13(10-14)5-3-9-23-16/h6-7,10,15H,2-5,8-9,11H2,1H3/t15-/m1/s1. The number of likely N-dealkylation sites (tertiary alicyclic amines) is 1. The molecule has 2 aliphatic heterocycles. The van der Waals surface area contributed by atoms with Gasteiger partial charge in [-0.3, -0.25) is 4.79 Å². The van der Waals surface area contributed by atoms with Gasteiger partial charge in [-0.1, -0.05) is 5.16 Å². The summed E-state index contributed by atoms with van der Waals surface area (Å²) in [6.07, 6.45) is 3.92. The quantitative estimate of drug-likeness (QED) is 0.848. The Bertz CT molecular complexity index is 756. The van der Waals surface area contributed by atoms with E-state index in [1.807, 2.05) is 23.1 Å². The van der Waals surface area contributed by atoms with Crippen molar-refractivity contribution in [3.05, 3.63) is 41.0 Å². The van der Waals surface area contributed by atoms with Crippen molar-refractivity contribution in [2.75, 3.05) is 19.7 Å². The maximum Gasteiger partial charge on any atom is 0.253 e. The lowest BCUT2D eigenvalue weighted by Gasteiger charge is -2.31. The van der Waals surface area contributed by atoms with Crippen LogP contribution in [0, 0.1) is 6.92 Å². The average Bonchev–Trinajstić information content (AvgIpc) is 3.07. The number of aryl methyl sites for hydroxylation is 2. The summed E-state index contributed by atoms with van der Waals surface area (Å²) < 4.78 is 10.7. The highest BCUT2D eigenvalue weighted by Crippen LogP contribution is 2.29. The Kier molecular flexibility index (Phi) is 3.96. The van der Waals surface area contributed by atoms with Crippen LogP contribution in [0.5, 0.6) is 5.75 Å². The maximum absolute atomic E-state index is 12.9. The lowest BCUT2D eigenvalue weighted by atomic mass is 9.96. The SMILES string of the molecule is Cc1nc([C@@H]2CCCN(C(=O)c3ccc4c(c3)CCCO4)C2)no1. The Morgan fingerprint density at radius 3 is 3.08 bits per heavy atom. The number of hydrogen-bond donors (Lipinski definition) is 0. The molecule has 0 unspecified atom stereocenters. The van der Waals surface area contributed by atoms with Crippen LogP contribution in [0.15, 0.2) is 22.7 Å². The summed E-state index contributed by atoms with van der Waals surface area (Å²) in [7, 11) is 0. The minimum Gasteiger partial charge on any atom is -0.493 e. The van der Waals surface area contributed by atoms with Crippen molar-refractivity contribution in [3.8, 4) is 5.75 Å². The highest BCUT2D eigenvalue weighted by atomic mass is 16.5. The minimum absolute atomic E-state index is 0.0771. The van der Waals surface area contributed by atoms with Crippen LogP contribution < -0.4 is 4.74 Å². The number of aromatic nitrogens is 2. The molecule has 1 saturated heterocycles. The van der Waals surface area contributed by atoms with Gasteiger partial charge in [-0.05, 0) is 49.4 Å². The highest BCUT2D eigenvalue weighted by Gasteiger charge is 2.28. The van der Waals surface area contributed by atoms with Gasteiger partial charge in [-0.2, -0.15) is 4.98 Å². The van der Waals surface area contributed by atoms with Crippen molar-refractivity contribution in [3.63, 3.8) is 0 Å². The number of hydrogen-bond acceptors (Lipinski definition) is 5. The Labute approximate surface area is 140 Å². The van der Waals surface area contributed by atoms with E-state index in [2.05, 4.69) is 10.1 Å². The zero-order valence-corrected chi connectivity index (χ0v) is 13.8. The van der Waals surface area contributed by atoms with Crippen LogP contribution in [0.1, 0.15) is 52.8 Å². The van der Waals surface area contributed by atoms with E-state index in [9.17, 15) is 4.79 Å². The topological polar surface area (TPSA) is 68.5 Å². The first-order valence-corrected chi connectivity index (χ1v) is 8.56. The molecule has 0 spiro atoms. The lowest BCUT2D eigenvalue weighted by Crippen LogP contribution is -2.39. The second kappa shape index (κ2) is 6.26. The number of nitrogens with zero attached hydrogens (tertiary/aromatic N) is 3. The number of carbonyl (C=O) groups is 1. The molecular formula is C18H21N3O3. The first-order chi connectivity index (χ1) is 11.7. The van der Waals surface area contributed by atoms with Gasteiger partial charge in [-0.15, -0.1) is 0 Å². The molecule has 3 heterocycles. The zero-order chi connectivity index (χ0) is 16.5. The predicted molar refractivity (Wildman–Crippen MR) is 87.2 cm³/mol. The summed E-state index contributed by atoms with van der Waals surface area (Å²) in [6.45, 7) is 3.97. The molecule has 1 atom stereocenters. The van der Waals surface area contributed by atoms with Gasteiger partial charge in [-0.25, -0.2) is 0 Å². The van der Waals surface area contributed by atoms with Crippen LogP contribution in [0.2, 0.25) is 0 Å². The third kappa shape index (κ3) is 2.88. The molecule has 2 aliphatic rings.